The molecular formula is C27H26FN5O3. The number of aromatic nitrogens is 2. The van der Waals surface area contributed by atoms with Crippen LogP contribution < -0.4 is 19.9 Å². The fraction of sp³-hybridized carbons (Fsp3) is 0.333. The van der Waals surface area contributed by atoms with Crippen LogP contribution in [0.25, 0.3) is 11.1 Å². The lowest BCUT2D eigenvalue weighted by Gasteiger charge is -2.31. The Balaban J connectivity index is 1.21. The minimum Gasteiger partial charge on any atom is -0.474 e. The molecule has 9 heteroatoms. The van der Waals surface area contributed by atoms with Crippen molar-refractivity contribution in [3.8, 4) is 17.0 Å². The van der Waals surface area contributed by atoms with Crippen LogP contribution in [0.3, 0.4) is 0 Å². The third kappa shape index (κ3) is 3.75. The predicted molar refractivity (Wildman–Crippen MR) is 134 cm³/mol. The standard InChI is InChI=1S/C27H26FN5O3/c1-27(2)12-19-15-36-25-22(33(19)26(27)35)11-18(14-30-25)31-23-8-6-17(13-29-23)16-5-7-21(20(28)10-16)32-9-3-4-24(32)34/h5-8,10-11,13-14,19H,3-4,9,12,15H2,1-2H3,(H,29,31)/t19-/m0/s1. The van der Waals surface area contributed by atoms with Crippen LogP contribution in [0.4, 0.5) is 27.3 Å². The third-order valence-corrected chi connectivity index (χ3v) is 7.09. The summed E-state index contributed by atoms with van der Waals surface area (Å²) < 4.78 is 20.6. The number of fused-ring (bicyclic) bond motifs is 3. The van der Waals surface area contributed by atoms with Crippen LogP contribution in [0, 0.1) is 11.2 Å². The van der Waals surface area contributed by atoms with Gasteiger partial charge in [0, 0.05) is 30.1 Å². The first-order valence-electron chi connectivity index (χ1n) is 12.1. The van der Waals surface area contributed by atoms with Crippen molar-refractivity contribution in [3.05, 3.63) is 54.6 Å². The Kier molecular flexibility index (Phi) is 5.17. The normalized spacial score (nSPS) is 20.2. The molecule has 1 atom stereocenters. The van der Waals surface area contributed by atoms with E-state index in [1.807, 2.05) is 30.9 Å². The zero-order valence-corrected chi connectivity index (χ0v) is 20.1. The fourth-order valence-corrected chi connectivity index (χ4v) is 5.26. The maximum atomic E-state index is 14.8. The lowest BCUT2D eigenvalue weighted by molar-refractivity contribution is -0.124. The summed E-state index contributed by atoms with van der Waals surface area (Å²) in [7, 11) is 0. The third-order valence-electron chi connectivity index (χ3n) is 7.09. The Labute approximate surface area is 208 Å². The molecule has 1 N–H and O–H groups in total. The van der Waals surface area contributed by atoms with Gasteiger partial charge in [-0.3, -0.25) is 9.59 Å². The summed E-state index contributed by atoms with van der Waals surface area (Å²) in [5.74, 6) is 0.639. The number of hydrogen-bond acceptors (Lipinski definition) is 6. The van der Waals surface area contributed by atoms with Crippen molar-refractivity contribution in [2.24, 2.45) is 5.41 Å². The number of anilines is 4. The molecule has 0 aliphatic carbocycles. The lowest BCUT2D eigenvalue weighted by Crippen LogP contribution is -2.41. The maximum absolute atomic E-state index is 14.8. The van der Waals surface area contributed by atoms with Gasteiger partial charge in [0.25, 0.3) is 0 Å². The number of carbonyl (C=O) groups is 2. The Morgan fingerprint density at radius 3 is 2.61 bits per heavy atom. The number of nitrogens with one attached hydrogen (secondary N) is 1. The Morgan fingerprint density at radius 1 is 1.06 bits per heavy atom. The van der Waals surface area contributed by atoms with Gasteiger partial charge in [-0.2, -0.15) is 0 Å². The number of pyridine rings is 2. The van der Waals surface area contributed by atoms with E-state index in [-0.39, 0.29) is 17.9 Å². The molecule has 1 aromatic carbocycles. The van der Waals surface area contributed by atoms with Gasteiger partial charge < -0.3 is 19.9 Å². The number of ether oxygens (including phenoxy) is 1. The van der Waals surface area contributed by atoms with Gasteiger partial charge in [-0.05, 0) is 48.7 Å². The number of hydrogen-bond donors (Lipinski definition) is 1. The molecule has 3 aliphatic rings. The molecule has 0 unspecified atom stereocenters. The van der Waals surface area contributed by atoms with Gasteiger partial charge in [-0.25, -0.2) is 14.4 Å². The summed E-state index contributed by atoms with van der Waals surface area (Å²) in [6.45, 7) is 4.91. The lowest BCUT2D eigenvalue weighted by atomic mass is 9.90. The maximum Gasteiger partial charge on any atom is 0.238 e. The van der Waals surface area contributed by atoms with Gasteiger partial charge in [0.15, 0.2) is 0 Å². The van der Waals surface area contributed by atoms with E-state index in [4.69, 9.17) is 4.74 Å². The molecule has 3 aliphatic heterocycles. The zero-order chi connectivity index (χ0) is 25.0. The second kappa shape index (κ2) is 8.29. The van der Waals surface area contributed by atoms with E-state index < -0.39 is 11.2 Å². The molecule has 5 heterocycles. The van der Waals surface area contributed by atoms with Crippen molar-refractivity contribution < 1.29 is 18.7 Å². The van der Waals surface area contributed by atoms with Crippen molar-refractivity contribution in [2.45, 2.75) is 39.2 Å². The number of rotatable bonds is 4. The van der Waals surface area contributed by atoms with Gasteiger partial charge in [0.1, 0.15) is 23.9 Å². The first-order valence-corrected chi connectivity index (χ1v) is 12.1. The largest absolute Gasteiger partial charge is 0.474 e. The number of amides is 2. The average molecular weight is 488 g/mol. The molecule has 184 valence electrons. The monoisotopic (exact) mass is 487 g/mol. The average Bonchev–Trinajstić information content (AvgIpc) is 3.39. The van der Waals surface area contributed by atoms with Crippen LogP contribution in [0.2, 0.25) is 0 Å². The summed E-state index contributed by atoms with van der Waals surface area (Å²) in [5.41, 5.74) is 2.66. The molecule has 0 spiro atoms. The smallest absolute Gasteiger partial charge is 0.238 e. The summed E-state index contributed by atoms with van der Waals surface area (Å²) in [6, 6.07) is 10.4. The first kappa shape index (κ1) is 22.5. The van der Waals surface area contributed by atoms with E-state index >= 15 is 0 Å². The highest BCUT2D eigenvalue weighted by Gasteiger charge is 2.49. The van der Waals surface area contributed by atoms with Gasteiger partial charge in [0.05, 0.1) is 23.6 Å². The molecule has 2 saturated heterocycles. The summed E-state index contributed by atoms with van der Waals surface area (Å²) >= 11 is 0. The number of benzene rings is 1. The van der Waals surface area contributed by atoms with E-state index in [9.17, 15) is 14.0 Å². The van der Waals surface area contributed by atoms with Gasteiger partial charge in [-0.15, -0.1) is 0 Å². The molecule has 2 fully saturated rings. The summed E-state index contributed by atoms with van der Waals surface area (Å²) in [6.07, 6.45) is 5.25. The first-order chi connectivity index (χ1) is 17.3. The Bertz CT molecular complexity index is 1370. The molecule has 8 nitrogen and oxygen atoms in total. The van der Waals surface area contributed by atoms with E-state index in [1.54, 1.807) is 30.6 Å². The van der Waals surface area contributed by atoms with E-state index in [1.165, 1.54) is 11.0 Å². The molecule has 2 amide bonds. The van der Waals surface area contributed by atoms with Crippen molar-refractivity contribution in [3.63, 3.8) is 0 Å². The number of halogens is 1. The van der Waals surface area contributed by atoms with Crippen molar-refractivity contribution in [1.29, 1.82) is 0 Å². The molecule has 6 rings (SSSR count). The highest BCUT2D eigenvalue weighted by atomic mass is 19.1. The van der Waals surface area contributed by atoms with Crippen molar-refractivity contribution in [2.75, 3.05) is 28.3 Å². The Hall–Kier alpha value is -4.01. The van der Waals surface area contributed by atoms with E-state index in [2.05, 4.69) is 15.3 Å². The van der Waals surface area contributed by atoms with Gasteiger partial charge in [0.2, 0.25) is 17.7 Å². The highest BCUT2D eigenvalue weighted by molar-refractivity contribution is 6.02. The van der Waals surface area contributed by atoms with Crippen LogP contribution in [-0.2, 0) is 9.59 Å². The highest BCUT2D eigenvalue weighted by Crippen LogP contribution is 2.45. The van der Waals surface area contributed by atoms with E-state index in [0.29, 0.717) is 53.9 Å². The number of nitrogens with zero attached hydrogens (tertiary/aromatic N) is 4. The second-order valence-corrected chi connectivity index (χ2v) is 10.1. The Morgan fingerprint density at radius 2 is 1.89 bits per heavy atom. The minimum absolute atomic E-state index is 0.00447. The fourth-order valence-electron chi connectivity index (χ4n) is 5.26. The zero-order valence-electron chi connectivity index (χ0n) is 20.1. The second-order valence-electron chi connectivity index (χ2n) is 10.1. The topological polar surface area (TPSA) is 87.7 Å². The van der Waals surface area contributed by atoms with Crippen molar-refractivity contribution >= 4 is 34.7 Å². The molecule has 3 aromatic rings. The molecule has 0 radical (unpaired) electrons. The minimum atomic E-state index is -0.432. The van der Waals surface area contributed by atoms with Gasteiger partial charge in [-0.1, -0.05) is 19.9 Å². The van der Waals surface area contributed by atoms with Gasteiger partial charge >= 0.3 is 0 Å². The van der Waals surface area contributed by atoms with E-state index in [0.717, 1.165) is 18.4 Å². The SMILES string of the molecule is CC1(C)C[C@H]2COc3ncc(Nc4ccc(-c5ccc(N6CCCC6=O)c(F)c5)cn4)cc3N2C1=O. The summed E-state index contributed by atoms with van der Waals surface area (Å²) in [5, 5.41) is 3.23. The van der Waals surface area contributed by atoms with Crippen LogP contribution in [-0.4, -0.2) is 41.0 Å². The molecule has 2 aromatic heterocycles. The molecule has 0 bridgehead atoms. The van der Waals surface area contributed by atoms with Crippen molar-refractivity contribution in [1.82, 2.24) is 9.97 Å². The molecule has 36 heavy (non-hydrogen) atoms. The number of carbonyl (C=O) groups excluding carboxylic acids is 2. The quantitative estimate of drug-likeness (QED) is 0.575. The molecule has 0 saturated carbocycles. The predicted octanol–water partition coefficient (Wildman–Crippen LogP) is 4.68. The summed E-state index contributed by atoms with van der Waals surface area (Å²) in [4.78, 5) is 37.1. The van der Waals surface area contributed by atoms with Crippen LogP contribution >= 0.6 is 0 Å². The molecular weight excluding hydrogens is 461 g/mol. The van der Waals surface area contributed by atoms with Crippen LogP contribution in [0.5, 0.6) is 5.88 Å². The van der Waals surface area contributed by atoms with Crippen LogP contribution in [0.15, 0.2) is 48.8 Å². The van der Waals surface area contributed by atoms with Crippen LogP contribution in [0.1, 0.15) is 33.1 Å².